The highest BCUT2D eigenvalue weighted by atomic mass is 35.5. The SMILES string of the molecule is C[C@H](Nc1nccc(N2C(=O)CC[C@H]2C)n1)c1nc(-c2ccc(Cl)cc2)no1. The summed E-state index contributed by atoms with van der Waals surface area (Å²) in [5.74, 6) is 1.95. The van der Waals surface area contributed by atoms with Gasteiger partial charge in [-0.3, -0.25) is 9.69 Å². The van der Waals surface area contributed by atoms with Crippen LogP contribution in [0.1, 0.15) is 38.6 Å². The molecule has 3 aromatic rings. The third-order valence-electron chi connectivity index (χ3n) is 4.63. The van der Waals surface area contributed by atoms with Crippen LogP contribution in [0.5, 0.6) is 0 Å². The van der Waals surface area contributed by atoms with Crippen molar-refractivity contribution in [2.75, 3.05) is 10.2 Å². The molecule has 1 aliphatic rings. The van der Waals surface area contributed by atoms with Crippen molar-refractivity contribution in [3.8, 4) is 11.4 Å². The molecule has 0 spiro atoms. The molecule has 144 valence electrons. The Hall–Kier alpha value is -3.00. The lowest BCUT2D eigenvalue weighted by Crippen LogP contribution is -2.31. The largest absolute Gasteiger partial charge is 0.343 e. The number of aromatic nitrogens is 4. The van der Waals surface area contributed by atoms with Crippen molar-refractivity contribution >= 4 is 29.3 Å². The van der Waals surface area contributed by atoms with E-state index in [-0.39, 0.29) is 18.0 Å². The van der Waals surface area contributed by atoms with Gasteiger partial charge in [0.25, 0.3) is 0 Å². The molecule has 1 aromatic carbocycles. The van der Waals surface area contributed by atoms with E-state index in [9.17, 15) is 4.79 Å². The average molecular weight is 399 g/mol. The summed E-state index contributed by atoms with van der Waals surface area (Å²) in [5.41, 5.74) is 0.811. The summed E-state index contributed by atoms with van der Waals surface area (Å²) in [6.45, 7) is 3.89. The van der Waals surface area contributed by atoms with Crippen LogP contribution in [0.3, 0.4) is 0 Å². The fraction of sp³-hybridized carbons (Fsp3) is 0.316. The van der Waals surface area contributed by atoms with Gasteiger partial charge in [-0.1, -0.05) is 16.8 Å². The van der Waals surface area contributed by atoms with Gasteiger partial charge in [-0.15, -0.1) is 0 Å². The van der Waals surface area contributed by atoms with E-state index in [1.807, 2.05) is 26.0 Å². The van der Waals surface area contributed by atoms with Gasteiger partial charge < -0.3 is 9.84 Å². The average Bonchev–Trinajstić information content (AvgIpc) is 3.30. The number of amides is 1. The number of benzene rings is 1. The zero-order chi connectivity index (χ0) is 19.7. The van der Waals surface area contributed by atoms with Crippen LogP contribution in [0.2, 0.25) is 5.02 Å². The van der Waals surface area contributed by atoms with Gasteiger partial charge in [-0.25, -0.2) is 4.98 Å². The van der Waals surface area contributed by atoms with Gasteiger partial charge in [0.1, 0.15) is 11.9 Å². The first-order valence-corrected chi connectivity index (χ1v) is 9.40. The highest BCUT2D eigenvalue weighted by molar-refractivity contribution is 6.30. The Labute approximate surface area is 166 Å². The Bertz CT molecular complexity index is 990. The van der Waals surface area contributed by atoms with Gasteiger partial charge in [0, 0.05) is 29.2 Å². The minimum Gasteiger partial charge on any atom is -0.343 e. The molecule has 4 rings (SSSR count). The lowest BCUT2D eigenvalue weighted by Gasteiger charge is -2.21. The topological polar surface area (TPSA) is 97.0 Å². The number of halogens is 1. The summed E-state index contributed by atoms with van der Waals surface area (Å²) in [6, 6.07) is 8.76. The maximum Gasteiger partial charge on any atom is 0.249 e. The lowest BCUT2D eigenvalue weighted by atomic mass is 10.2. The Balaban J connectivity index is 1.50. The highest BCUT2D eigenvalue weighted by Gasteiger charge is 2.30. The molecule has 0 saturated carbocycles. The van der Waals surface area contributed by atoms with Crippen LogP contribution in [0.25, 0.3) is 11.4 Å². The zero-order valence-corrected chi connectivity index (χ0v) is 16.2. The van der Waals surface area contributed by atoms with Crippen molar-refractivity contribution in [1.82, 2.24) is 20.1 Å². The summed E-state index contributed by atoms with van der Waals surface area (Å²) >= 11 is 5.91. The molecule has 2 aromatic heterocycles. The van der Waals surface area contributed by atoms with Gasteiger partial charge in [-0.2, -0.15) is 9.97 Å². The Morgan fingerprint density at radius 1 is 1.25 bits per heavy atom. The molecular weight excluding hydrogens is 380 g/mol. The Morgan fingerprint density at radius 2 is 2.04 bits per heavy atom. The molecule has 1 aliphatic heterocycles. The molecule has 0 aliphatic carbocycles. The number of nitrogens with zero attached hydrogens (tertiary/aromatic N) is 5. The van der Waals surface area contributed by atoms with E-state index >= 15 is 0 Å². The molecule has 9 heteroatoms. The van der Waals surface area contributed by atoms with Gasteiger partial charge in [0.05, 0.1) is 0 Å². The molecule has 3 heterocycles. The van der Waals surface area contributed by atoms with Crippen LogP contribution in [-0.4, -0.2) is 32.1 Å². The Morgan fingerprint density at radius 3 is 2.75 bits per heavy atom. The first-order valence-electron chi connectivity index (χ1n) is 9.02. The quantitative estimate of drug-likeness (QED) is 0.696. The van der Waals surface area contributed by atoms with Crippen molar-refractivity contribution in [2.24, 2.45) is 0 Å². The van der Waals surface area contributed by atoms with Crippen molar-refractivity contribution in [3.63, 3.8) is 0 Å². The first-order chi connectivity index (χ1) is 13.5. The fourth-order valence-corrected chi connectivity index (χ4v) is 3.24. The van der Waals surface area contributed by atoms with Crippen LogP contribution in [-0.2, 0) is 4.79 Å². The molecule has 1 N–H and O–H groups in total. The molecule has 2 atom stereocenters. The van der Waals surface area contributed by atoms with Gasteiger partial charge >= 0.3 is 0 Å². The number of anilines is 2. The molecular formula is C19H19ClN6O2. The maximum atomic E-state index is 12.1. The number of hydrogen-bond donors (Lipinski definition) is 1. The van der Waals surface area contributed by atoms with Crippen molar-refractivity contribution in [2.45, 2.75) is 38.8 Å². The van der Waals surface area contributed by atoms with Crippen LogP contribution < -0.4 is 10.2 Å². The lowest BCUT2D eigenvalue weighted by molar-refractivity contribution is -0.117. The van der Waals surface area contributed by atoms with E-state index in [2.05, 4.69) is 25.4 Å². The van der Waals surface area contributed by atoms with E-state index in [1.165, 1.54) is 0 Å². The molecule has 0 unspecified atom stereocenters. The molecule has 1 fully saturated rings. The monoisotopic (exact) mass is 398 g/mol. The molecule has 1 saturated heterocycles. The standard InChI is InChI=1S/C19H19ClN6O2/c1-11-3-8-16(27)26(11)15-9-10-21-19(23-15)22-12(2)18-24-17(25-28-18)13-4-6-14(20)7-5-13/h4-7,9-12H,3,8H2,1-2H3,(H,21,22,23)/t11-,12+/m1/s1. The number of carbonyl (C=O) groups is 1. The van der Waals surface area contributed by atoms with Crippen LogP contribution in [0.4, 0.5) is 11.8 Å². The molecule has 0 bridgehead atoms. The molecule has 8 nitrogen and oxygen atoms in total. The van der Waals surface area contributed by atoms with E-state index in [0.717, 1.165) is 12.0 Å². The number of carbonyl (C=O) groups excluding carboxylic acids is 1. The van der Waals surface area contributed by atoms with Gasteiger partial charge in [0.15, 0.2) is 0 Å². The predicted molar refractivity (Wildman–Crippen MR) is 105 cm³/mol. The molecule has 28 heavy (non-hydrogen) atoms. The van der Waals surface area contributed by atoms with Gasteiger partial charge in [0.2, 0.25) is 23.6 Å². The highest BCUT2D eigenvalue weighted by Crippen LogP contribution is 2.26. The third kappa shape index (κ3) is 3.68. The summed E-state index contributed by atoms with van der Waals surface area (Å²) in [6.07, 6.45) is 3.00. The Kier molecular flexibility index (Phi) is 4.95. The maximum absolute atomic E-state index is 12.1. The van der Waals surface area contributed by atoms with Crippen molar-refractivity contribution < 1.29 is 9.32 Å². The van der Waals surface area contributed by atoms with E-state index in [1.54, 1.807) is 29.3 Å². The molecule has 1 amide bonds. The normalized spacial score (nSPS) is 17.8. The predicted octanol–water partition coefficient (Wildman–Crippen LogP) is 3.87. The van der Waals surface area contributed by atoms with Crippen molar-refractivity contribution in [1.29, 1.82) is 0 Å². The summed E-state index contributed by atoms with van der Waals surface area (Å²) in [7, 11) is 0. The number of rotatable bonds is 5. The van der Waals surface area contributed by atoms with Crippen LogP contribution in [0, 0.1) is 0 Å². The fourth-order valence-electron chi connectivity index (χ4n) is 3.12. The first kappa shape index (κ1) is 18.4. The zero-order valence-electron chi connectivity index (χ0n) is 15.5. The van der Waals surface area contributed by atoms with E-state index < -0.39 is 0 Å². The number of nitrogens with one attached hydrogen (secondary N) is 1. The summed E-state index contributed by atoms with van der Waals surface area (Å²) in [4.78, 5) is 27.0. The molecule has 0 radical (unpaired) electrons. The second kappa shape index (κ2) is 7.55. The van der Waals surface area contributed by atoms with E-state index in [0.29, 0.717) is 34.9 Å². The minimum atomic E-state index is -0.310. The summed E-state index contributed by atoms with van der Waals surface area (Å²) in [5, 5.41) is 7.81. The second-order valence-corrected chi connectivity index (χ2v) is 7.16. The number of hydrogen-bond acceptors (Lipinski definition) is 7. The smallest absolute Gasteiger partial charge is 0.249 e. The van der Waals surface area contributed by atoms with Gasteiger partial charge in [-0.05, 0) is 50.6 Å². The summed E-state index contributed by atoms with van der Waals surface area (Å²) < 4.78 is 5.37. The second-order valence-electron chi connectivity index (χ2n) is 6.72. The van der Waals surface area contributed by atoms with E-state index in [4.69, 9.17) is 16.1 Å². The van der Waals surface area contributed by atoms with Crippen LogP contribution >= 0.6 is 11.6 Å². The third-order valence-corrected chi connectivity index (χ3v) is 4.89. The van der Waals surface area contributed by atoms with Crippen LogP contribution in [0.15, 0.2) is 41.1 Å². The minimum absolute atomic E-state index is 0.0784. The van der Waals surface area contributed by atoms with Crippen molar-refractivity contribution in [3.05, 3.63) is 47.4 Å².